The normalized spacial score (nSPS) is 30.1. The minimum atomic E-state index is 0.119. The van der Waals surface area contributed by atoms with Gasteiger partial charge in [-0.05, 0) is 36.6 Å². The van der Waals surface area contributed by atoms with E-state index in [0.29, 0.717) is 0 Å². The van der Waals surface area contributed by atoms with Gasteiger partial charge in [-0.25, -0.2) is 0 Å². The summed E-state index contributed by atoms with van der Waals surface area (Å²) in [6, 6.07) is 6.30. The van der Waals surface area contributed by atoms with Gasteiger partial charge in [0.1, 0.15) is 5.75 Å². The van der Waals surface area contributed by atoms with Crippen LogP contribution in [0.1, 0.15) is 24.1 Å². The van der Waals surface area contributed by atoms with Crippen LogP contribution in [0.15, 0.2) is 18.2 Å². The number of benzene rings is 1. The molecule has 1 unspecified atom stereocenters. The van der Waals surface area contributed by atoms with Crippen molar-refractivity contribution in [1.82, 2.24) is 0 Å². The lowest BCUT2D eigenvalue weighted by molar-refractivity contribution is 0.414. The maximum absolute atomic E-state index is 6.18. The number of ether oxygens (including phenoxy) is 1. The van der Waals surface area contributed by atoms with Gasteiger partial charge in [-0.2, -0.15) is 0 Å². The molecule has 1 aliphatic carbocycles. The summed E-state index contributed by atoms with van der Waals surface area (Å²) in [4.78, 5) is 0. The van der Waals surface area contributed by atoms with Crippen LogP contribution in [-0.2, 0) is 6.42 Å². The lowest BCUT2D eigenvalue weighted by Gasteiger charge is -2.21. The van der Waals surface area contributed by atoms with Gasteiger partial charge in [-0.3, -0.25) is 0 Å². The Balaban J connectivity index is 2.45. The van der Waals surface area contributed by atoms with Crippen LogP contribution in [0.2, 0.25) is 0 Å². The molecule has 0 saturated heterocycles. The molecule has 0 aromatic heterocycles. The van der Waals surface area contributed by atoms with E-state index < -0.39 is 0 Å². The second-order valence-electron chi connectivity index (χ2n) is 4.00. The molecule has 0 heterocycles. The first-order valence-corrected chi connectivity index (χ1v) is 5.74. The van der Waals surface area contributed by atoms with Crippen molar-refractivity contribution in [1.29, 1.82) is 0 Å². The van der Waals surface area contributed by atoms with E-state index in [1.807, 2.05) is 6.07 Å². The number of nitrogens with two attached hydrogens (primary N) is 1. The molecular weight excluding hydrogens is 289 g/mol. The molecule has 1 aromatic carbocycles. The molecule has 0 fully saturated rings. The highest BCUT2D eigenvalue weighted by atomic mass is 127. The molecule has 0 bridgehead atoms. The maximum atomic E-state index is 6.18. The van der Waals surface area contributed by atoms with Crippen molar-refractivity contribution in [2.45, 2.75) is 22.8 Å². The van der Waals surface area contributed by atoms with Crippen molar-refractivity contribution < 1.29 is 4.74 Å². The fourth-order valence-electron chi connectivity index (χ4n) is 1.96. The third-order valence-electron chi connectivity index (χ3n) is 2.87. The summed E-state index contributed by atoms with van der Waals surface area (Å²) in [5.74, 6) is 0.897. The predicted molar refractivity (Wildman–Crippen MR) is 66.1 cm³/mol. The quantitative estimate of drug-likeness (QED) is 0.639. The molecule has 2 nitrogen and oxygen atoms in total. The summed E-state index contributed by atoms with van der Waals surface area (Å²) in [5.41, 5.74) is 8.78. The van der Waals surface area contributed by atoms with E-state index >= 15 is 0 Å². The number of methoxy groups -OCH3 is 1. The van der Waals surface area contributed by atoms with E-state index in [-0.39, 0.29) is 9.46 Å². The Morgan fingerprint density at radius 2 is 2.29 bits per heavy atom. The zero-order valence-electron chi connectivity index (χ0n) is 8.38. The first-order chi connectivity index (χ1) is 6.54. The van der Waals surface area contributed by atoms with Crippen LogP contribution in [0.3, 0.4) is 0 Å². The van der Waals surface area contributed by atoms with Crippen molar-refractivity contribution in [3.05, 3.63) is 29.3 Å². The molecule has 2 atom stereocenters. The minimum Gasteiger partial charge on any atom is -0.497 e. The number of fused-ring (bicyclic) bond motifs is 1. The lowest BCUT2D eigenvalue weighted by Crippen LogP contribution is -2.28. The minimum absolute atomic E-state index is 0.119. The second kappa shape index (κ2) is 3.38. The summed E-state index contributed by atoms with van der Waals surface area (Å²) < 4.78 is 5.34. The molecule has 0 radical (unpaired) electrons. The summed E-state index contributed by atoms with van der Waals surface area (Å²) in [5, 5.41) is 0. The predicted octanol–water partition coefficient (Wildman–Crippen LogP) is 2.44. The van der Waals surface area contributed by atoms with E-state index in [9.17, 15) is 0 Å². The Bertz CT molecular complexity index is 362. The molecule has 1 aliphatic rings. The van der Waals surface area contributed by atoms with Gasteiger partial charge >= 0.3 is 0 Å². The largest absolute Gasteiger partial charge is 0.497 e. The topological polar surface area (TPSA) is 35.2 Å². The summed E-state index contributed by atoms with van der Waals surface area (Å²) in [6.45, 7) is 2.20. The van der Waals surface area contributed by atoms with Gasteiger partial charge < -0.3 is 10.5 Å². The maximum Gasteiger partial charge on any atom is 0.119 e. The third-order valence-corrected chi connectivity index (χ3v) is 3.93. The Hall–Kier alpha value is -0.290. The van der Waals surface area contributed by atoms with Crippen LogP contribution in [0.4, 0.5) is 0 Å². The van der Waals surface area contributed by atoms with Crippen LogP contribution < -0.4 is 10.5 Å². The molecule has 0 saturated carbocycles. The van der Waals surface area contributed by atoms with Gasteiger partial charge in [0.25, 0.3) is 0 Å². The summed E-state index contributed by atoms with van der Waals surface area (Å²) in [6.07, 6.45) is 1.05. The van der Waals surface area contributed by atoms with E-state index in [0.717, 1.165) is 12.2 Å². The highest BCUT2D eigenvalue weighted by molar-refractivity contribution is 14.1. The van der Waals surface area contributed by atoms with E-state index in [1.54, 1.807) is 7.11 Å². The average molecular weight is 303 g/mol. The fourth-order valence-corrected chi connectivity index (χ4v) is 2.70. The number of halogens is 1. The van der Waals surface area contributed by atoms with Gasteiger partial charge in [0, 0.05) is 9.46 Å². The van der Waals surface area contributed by atoms with Crippen molar-refractivity contribution in [2.24, 2.45) is 5.73 Å². The van der Waals surface area contributed by atoms with E-state index in [2.05, 4.69) is 41.6 Å². The molecule has 1 aromatic rings. The molecular formula is C11H14INO. The Morgan fingerprint density at radius 3 is 2.93 bits per heavy atom. The molecule has 2 rings (SSSR count). The Kier molecular flexibility index (Phi) is 2.47. The zero-order valence-corrected chi connectivity index (χ0v) is 10.5. The number of hydrogen-bond donors (Lipinski definition) is 1. The third kappa shape index (κ3) is 1.52. The van der Waals surface area contributed by atoms with Crippen LogP contribution >= 0.6 is 22.6 Å². The molecule has 76 valence electrons. The second-order valence-corrected chi connectivity index (χ2v) is 6.46. The van der Waals surface area contributed by atoms with Crippen molar-refractivity contribution in [3.63, 3.8) is 0 Å². The number of rotatable bonds is 1. The fraction of sp³-hybridized carbons (Fsp3) is 0.455. The van der Waals surface area contributed by atoms with Crippen LogP contribution in [0.25, 0.3) is 0 Å². The standard InChI is InChI=1S/C11H14INO/c1-11(12)6-7-3-4-8(14-2)5-9(7)10(11)13/h3-5,10H,6,13H2,1-2H3/t10-,11?/m1/s1. The highest BCUT2D eigenvalue weighted by Crippen LogP contribution is 2.44. The molecule has 0 spiro atoms. The van der Waals surface area contributed by atoms with Crippen LogP contribution in [0.5, 0.6) is 5.75 Å². The number of alkyl halides is 1. The van der Waals surface area contributed by atoms with Gasteiger partial charge in [-0.1, -0.05) is 28.7 Å². The van der Waals surface area contributed by atoms with Crippen molar-refractivity contribution in [3.8, 4) is 5.75 Å². The Morgan fingerprint density at radius 1 is 1.57 bits per heavy atom. The van der Waals surface area contributed by atoms with Crippen molar-refractivity contribution in [2.75, 3.05) is 7.11 Å². The smallest absolute Gasteiger partial charge is 0.119 e. The average Bonchev–Trinajstić information content (AvgIpc) is 2.38. The van der Waals surface area contributed by atoms with E-state index in [1.165, 1.54) is 11.1 Å². The van der Waals surface area contributed by atoms with Gasteiger partial charge in [0.15, 0.2) is 0 Å². The lowest BCUT2D eigenvalue weighted by atomic mass is 10.0. The van der Waals surface area contributed by atoms with E-state index in [4.69, 9.17) is 10.5 Å². The summed E-state index contributed by atoms with van der Waals surface area (Å²) >= 11 is 2.45. The molecule has 14 heavy (non-hydrogen) atoms. The molecule has 0 aliphatic heterocycles. The van der Waals surface area contributed by atoms with Crippen LogP contribution in [-0.4, -0.2) is 10.5 Å². The van der Waals surface area contributed by atoms with Gasteiger partial charge in [0.2, 0.25) is 0 Å². The first kappa shape index (κ1) is 10.2. The molecule has 3 heteroatoms. The van der Waals surface area contributed by atoms with Gasteiger partial charge in [-0.15, -0.1) is 0 Å². The number of hydrogen-bond acceptors (Lipinski definition) is 2. The highest BCUT2D eigenvalue weighted by Gasteiger charge is 2.38. The monoisotopic (exact) mass is 303 g/mol. The first-order valence-electron chi connectivity index (χ1n) is 4.66. The van der Waals surface area contributed by atoms with Gasteiger partial charge in [0.05, 0.1) is 7.11 Å². The summed E-state index contributed by atoms with van der Waals surface area (Å²) in [7, 11) is 1.69. The van der Waals surface area contributed by atoms with Crippen LogP contribution in [0, 0.1) is 0 Å². The SMILES string of the molecule is COc1ccc2c(c1)[C@@H](N)C(C)(I)C2. The zero-order chi connectivity index (χ0) is 10.3. The van der Waals surface area contributed by atoms with Crippen molar-refractivity contribution >= 4 is 22.6 Å². The molecule has 0 amide bonds. The molecule has 2 N–H and O–H groups in total. The Labute approximate surface area is 98.0 Å².